The summed E-state index contributed by atoms with van der Waals surface area (Å²) in [7, 11) is 7.38. The largest absolute Gasteiger partial charge is 0.347 e. The first kappa shape index (κ1) is 21.2. The lowest BCUT2D eigenvalue weighted by molar-refractivity contribution is 0.0825. The van der Waals surface area contributed by atoms with Crippen LogP contribution in [0.3, 0.4) is 0 Å². The molecule has 0 aliphatic carbocycles. The van der Waals surface area contributed by atoms with Gasteiger partial charge in [-0.2, -0.15) is 5.10 Å². The Balaban J connectivity index is 1.84. The zero-order chi connectivity index (χ0) is 21.3. The number of aromatic nitrogens is 4. The van der Waals surface area contributed by atoms with E-state index in [0.717, 1.165) is 44.0 Å². The predicted molar refractivity (Wildman–Crippen MR) is 114 cm³/mol. The van der Waals surface area contributed by atoms with E-state index in [2.05, 4.69) is 40.4 Å². The number of anilines is 1. The molecule has 0 aromatic carbocycles. The van der Waals surface area contributed by atoms with E-state index < -0.39 is 0 Å². The fourth-order valence-electron chi connectivity index (χ4n) is 4.01. The molecule has 0 saturated carbocycles. The number of hydrogen-bond acceptors (Lipinski definition) is 6. The summed E-state index contributed by atoms with van der Waals surface area (Å²) < 4.78 is 2.07. The van der Waals surface area contributed by atoms with Gasteiger partial charge in [-0.05, 0) is 33.7 Å². The minimum atomic E-state index is -0.0420. The predicted octanol–water partition coefficient (Wildman–Crippen LogP) is 2.07. The van der Waals surface area contributed by atoms with Crippen LogP contribution in [-0.2, 0) is 13.1 Å². The summed E-state index contributed by atoms with van der Waals surface area (Å²) in [5, 5.41) is 4.65. The highest BCUT2D eigenvalue weighted by atomic mass is 16.2. The maximum absolute atomic E-state index is 12.7. The van der Waals surface area contributed by atoms with Crippen LogP contribution in [0.4, 0.5) is 5.95 Å². The van der Waals surface area contributed by atoms with Crippen molar-refractivity contribution in [2.45, 2.75) is 46.2 Å². The van der Waals surface area contributed by atoms with Crippen LogP contribution in [0.1, 0.15) is 52.3 Å². The molecule has 0 radical (unpaired) electrons. The molecule has 0 bridgehead atoms. The van der Waals surface area contributed by atoms with Crippen molar-refractivity contribution in [3.05, 3.63) is 34.4 Å². The number of carbonyl (C=O) groups is 1. The van der Waals surface area contributed by atoms with Gasteiger partial charge in [0.05, 0.1) is 17.0 Å². The average molecular weight is 400 g/mol. The van der Waals surface area contributed by atoms with E-state index in [9.17, 15) is 4.79 Å². The van der Waals surface area contributed by atoms with Crippen molar-refractivity contribution >= 4 is 11.9 Å². The Morgan fingerprint density at radius 1 is 1.24 bits per heavy atom. The van der Waals surface area contributed by atoms with Crippen LogP contribution < -0.4 is 4.90 Å². The molecular formula is C21H33N7O. The van der Waals surface area contributed by atoms with Gasteiger partial charge in [-0.15, -0.1) is 0 Å². The fraction of sp³-hybridized carbons (Fsp3) is 0.619. The van der Waals surface area contributed by atoms with Gasteiger partial charge >= 0.3 is 0 Å². The summed E-state index contributed by atoms with van der Waals surface area (Å²) in [6.07, 6.45) is 2.67. The van der Waals surface area contributed by atoms with Gasteiger partial charge in [0.2, 0.25) is 5.95 Å². The molecule has 158 valence electrons. The Morgan fingerprint density at radius 2 is 1.97 bits per heavy atom. The van der Waals surface area contributed by atoms with Crippen LogP contribution in [0.5, 0.6) is 0 Å². The van der Waals surface area contributed by atoms with E-state index in [1.54, 1.807) is 25.2 Å². The van der Waals surface area contributed by atoms with Crippen LogP contribution >= 0.6 is 0 Å². The van der Waals surface area contributed by atoms with Crippen LogP contribution in [0, 0.1) is 13.8 Å². The molecule has 0 N–H and O–H groups in total. The van der Waals surface area contributed by atoms with Crippen molar-refractivity contribution in [2.75, 3.05) is 46.2 Å². The van der Waals surface area contributed by atoms with Gasteiger partial charge in [0.25, 0.3) is 5.91 Å². The molecule has 3 heterocycles. The summed E-state index contributed by atoms with van der Waals surface area (Å²) in [5.41, 5.74) is 5.14. The third-order valence-electron chi connectivity index (χ3n) is 5.71. The molecule has 1 amide bonds. The Bertz CT molecular complexity index is 887. The van der Waals surface area contributed by atoms with Crippen LogP contribution in [0.2, 0.25) is 0 Å². The molecule has 3 rings (SSSR count). The minimum absolute atomic E-state index is 0.0420. The van der Waals surface area contributed by atoms with Crippen molar-refractivity contribution in [3.63, 3.8) is 0 Å². The zero-order valence-corrected chi connectivity index (χ0v) is 18.7. The molecule has 0 spiro atoms. The summed E-state index contributed by atoms with van der Waals surface area (Å²) in [5.74, 6) is 0.821. The first-order valence-corrected chi connectivity index (χ1v) is 10.2. The molecular weight excluding hydrogens is 366 g/mol. The zero-order valence-electron chi connectivity index (χ0n) is 18.7. The number of aryl methyl sites for hydroxylation is 2. The highest BCUT2D eigenvalue weighted by Crippen LogP contribution is 2.31. The van der Waals surface area contributed by atoms with Gasteiger partial charge in [0, 0.05) is 71.2 Å². The Morgan fingerprint density at radius 3 is 2.55 bits per heavy atom. The van der Waals surface area contributed by atoms with E-state index in [1.807, 2.05) is 19.0 Å². The van der Waals surface area contributed by atoms with Gasteiger partial charge in [-0.3, -0.25) is 14.4 Å². The molecule has 2 aromatic rings. The molecule has 1 atom stereocenters. The lowest BCUT2D eigenvalue weighted by Gasteiger charge is -2.20. The molecule has 1 fully saturated rings. The van der Waals surface area contributed by atoms with E-state index in [1.165, 1.54) is 11.3 Å². The van der Waals surface area contributed by atoms with Gasteiger partial charge in [0.1, 0.15) is 0 Å². The molecule has 1 saturated heterocycles. The summed E-state index contributed by atoms with van der Waals surface area (Å²) >= 11 is 0. The number of nitrogens with zero attached hydrogens (tertiary/aromatic N) is 7. The monoisotopic (exact) mass is 399 g/mol. The topological polar surface area (TPSA) is 70.4 Å². The summed E-state index contributed by atoms with van der Waals surface area (Å²) in [6.45, 7) is 10.00. The standard InChI is InChI=1S/C21H33N7O/c1-8-28-15(3)18(14(2)24-28)13-27-10-9-16(12-27)19-17(20(29)25(4)5)11-22-21(23-19)26(6)7/h11,16H,8-10,12-13H2,1-7H3. The third-order valence-corrected chi connectivity index (χ3v) is 5.71. The number of amides is 1. The number of hydrogen-bond donors (Lipinski definition) is 0. The van der Waals surface area contributed by atoms with Crippen LogP contribution in [0.25, 0.3) is 0 Å². The molecule has 1 aliphatic heterocycles. The molecule has 8 nitrogen and oxygen atoms in total. The summed E-state index contributed by atoms with van der Waals surface area (Å²) in [6, 6.07) is 0. The highest BCUT2D eigenvalue weighted by Gasteiger charge is 2.30. The van der Waals surface area contributed by atoms with Gasteiger partial charge in [0.15, 0.2) is 0 Å². The van der Waals surface area contributed by atoms with E-state index in [-0.39, 0.29) is 11.8 Å². The number of rotatable bonds is 6. The average Bonchev–Trinajstić information content (AvgIpc) is 3.26. The fourth-order valence-corrected chi connectivity index (χ4v) is 4.01. The minimum Gasteiger partial charge on any atom is -0.347 e. The van der Waals surface area contributed by atoms with Crippen LogP contribution in [0.15, 0.2) is 6.20 Å². The maximum atomic E-state index is 12.7. The van der Waals surface area contributed by atoms with E-state index >= 15 is 0 Å². The third kappa shape index (κ3) is 4.27. The van der Waals surface area contributed by atoms with Crippen LogP contribution in [-0.4, -0.2) is 76.7 Å². The van der Waals surface area contributed by atoms with Crippen molar-refractivity contribution in [1.29, 1.82) is 0 Å². The second-order valence-corrected chi connectivity index (χ2v) is 8.25. The highest BCUT2D eigenvalue weighted by molar-refractivity contribution is 5.95. The van der Waals surface area contributed by atoms with E-state index in [0.29, 0.717) is 11.5 Å². The van der Waals surface area contributed by atoms with Crippen molar-refractivity contribution in [1.82, 2.24) is 29.5 Å². The normalized spacial score (nSPS) is 17.0. The van der Waals surface area contributed by atoms with Gasteiger partial charge in [-0.1, -0.05) is 0 Å². The maximum Gasteiger partial charge on any atom is 0.256 e. The quantitative estimate of drug-likeness (QED) is 0.741. The SMILES string of the molecule is CCn1nc(C)c(CN2CCC(c3nc(N(C)C)ncc3C(=O)N(C)C)C2)c1C. The van der Waals surface area contributed by atoms with Crippen molar-refractivity contribution < 1.29 is 4.79 Å². The second kappa shape index (κ2) is 8.49. The lowest BCUT2D eigenvalue weighted by atomic mass is 9.99. The Kier molecular flexibility index (Phi) is 6.21. The summed E-state index contributed by atoms with van der Waals surface area (Å²) in [4.78, 5) is 27.8. The van der Waals surface area contributed by atoms with Crippen molar-refractivity contribution in [3.8, 4) is 0 Å². The van der Waals surface area contributed by atoms with Crippen molar-refractivity contribution in [2.24, 2.45) is 0 Å². The Labute approximate surface area is 173 Å². The molecule has 29 heavy (non-hydrogen) atoms. The lowest BCUT2D eigenvalue weighted by Crippen LogP contribution is -2.26. The molecule has 2 aromatic heterocycles. The molecule has 1 unspecified atom stereocenters. The van der Waals surface area contributed by atoms with E-state index in [4.69, 9.17) is 4.98 Å². The first-order valence-electron chi connectivity index (χ1n) is 10.2. The van der Waals surface area contributed by atoms with Gasteiger partial charge < -0.3 is 9.80 Å². The smallest absolute Gasteiger partial charge is 0.256 e. The number of carbonyl (C=O) groups excluding carboxylic acids is 1. The number of likely N-dealkylation sites (tertiary alicyclic amines) is 1. The second-order valence-electron chi connectivity index (χ2n) is 8.25. The van der Waals surface area contributed by atoms with Gasteiger partial charge in [-0.25, -0.2) is 9.97 Å². The molecule has 8 heteroatoms. The Hall–Kier alpha value is -2.48. The first-order chi connectivity index (χ1) is 13.7. The molecule has 1 aliphatic rings.